The number of anilines is 1. The van der Waals surface area contributed by atoms with Crippen molar-refractivity contribution < 1.29 is 4.74 Å². The molecule has 4 heteroatoms. The van der Waals surface area contributed by atoms with Crippen LogP contribution in [0.4, 0.5) is 5.69 Å². The first-order chi connectivity index (χ1) is 9.78. The molecule has 0 bridgehead atoms. The SMILES string of the molecule is ClCc1ccc(Br)cc1N1CCOc2ccccc2C1. The lowest BCUT2D eigenvalue weighted by Crippen LogP contribution is -2.26. The van der Waals surface area contributed by atoms with Crippen molar-refractivity contribution in [3.8, 4) is 5.75 Å². The van der Waals surface area contributed by atoms with Crippen molar-refractivity contribution in [1.29, 1.82) is 0 Å². The second-order valence-electron chi connectivity index (χ2n) is 4.78. The predicted octanol–water partition coefficient (Wildman–Crippen LogP) is 4.59. The summed E-state index contributed by atoms with van der Waals surface area (Å²) in [5.74, 6) is 1.50. The first-order valence-electron chi connectivity index (χ1n) is 6.58. The molecule has 0 fully saturated rings. The normalized spacial score (nSPS) is 14.4. The number of hydrogen-bond acceptors (Lipinski definition) is 2. The maximum absolute atomic E-state index is 6.07. The highest BCUT2D eigenvalue weighted by Gasteiger charge is 2.17. The lowest BCUT2D eigenvalue weighted by Gasteiger charge is -2.24. The Morgan fingerprint density at radius 2 is 2.05 bits per heavy atom. The fourth-order valence-corrected chi connectivity index (χ4v) is 3.05. The van der Waals surface area contributed by atoms with Crippen molar-refractivity contribution in [3.63, 3.8) is 0 Å². The summed E-state index contributed by atoms with van der Waals surface area (Å²) in [6, 6.07) is 14.4. The van der Waals surface area contributed by atoms with Gasteiger partial charge in [0.15, 0.2) is 0 Å². The van der Waals surface area contributed by atoms with Gasteiger partial charge in [-0.15, -0.1) is 11.6 Å². The molecule has 2 aromatic carbocycles. The van der Waals surface area contributed by atoms with Crippen LogP contribution in [0.25, 0.3) is 0 Å². The fraction of sp³-hybridized carbons (Fsp3) is 0.250. The third-order valence-electron chi connectivity index (χ3n) is 3.48. The molecule has 0 unspecified atom stereocenters. The van der Waals surface area contributed by atoms with E-state index in [1.54, 1.807) is 0 Å². The molecule has 0 spiro atoms. The monoisotopic (exact) mass is 351 g/mol. The van der Waals surface area contributed by atoms with E-state index >= 15 is 0 Å². The van der Waals surface area contributed by atoms with Gasteiger partial charge in [0.25, 0.3) is 0 Å². The molecule has 3 rings (SSSR count). The van der Waals surface area contributed by atoms with E-state index in [9.17, 15) is 0 Å². The third-order valence-corrected chi connectivity index (χ3v) is 4.27. The average molecular weight is 353 g/mol. The average Bonchev–Trinajstić information content (AvgIpc) is 2.69. The Morgan fingerprint density at radius 1 is 1.20 bits per heavy atom. The van der Waals surface area contributed by atoms with Crippen LogP contribution < -0.4 is 9.64 Å². The molecular formula is C16H15BrClNO. The molecule has 1 aliphatic rings. The molecule has 20 heavy (non-hydrogen) atoms. The third kappa shape index (κ3) is 2.79. The lowest BCUT2D eigenvalue weighted by molar-refractivity contribution is 0.331. The maximum Gasteiger partial charge on any atom is 0.124 e. The molecule has 0 radical (unpaired) electrons. The number of fused-ring (bicyclic) bond motifs is 1. The first-order valence-corrected chi connectivity index (χ1v) is 7.91. The standard InChI is InChI=1S/C16H15BrClNO/c17-14-6-5-12(10-18)15(9-14)19-7-8-20-16-4-2-1-3-13(16)11-19/h1-6,9H,7-8,10-11H2. The van der Waals surface area contributed by atoms with Crippen LogP contribution in [0, 0.1) is 0 Å². The van der Waals surface area contributed by atoms with E-state index in [0.717, 1.165) is 28.9 Å². The van der Waals surface area contributed by atoms with Gasteiger partial charge in [-0.1, -0.05) is 40.2 Å². The molecule has 0 saturated heterocycles. The van der Waals surface area contributed by atoms with Gasteiger partial charge in [-0.3, -0.25) is 0 Å². The van der Waals surface area contributed by atoms with E-state index in [-0.39, 0.29) is 0 Å². The Kier molecular flexibility index (Phi) is 4.18. The predicted molar refractivity (Wildman–Crippen MR) is 86.7 cm³/mol. The van der Waals surface area contributed by atoms with Crippen LogP contribution in [-0.4, -0.2) is 13.2 Å². The molecule has 0 saturated carbocycles. The molecule has 1 aliphatic heterocycles. The summed E-state index contributed by atoms with van der Waals surface area (Å²) in [6.07, 6.45) is 0. The maximum atomic E-state index is 6.07. The van der Waals surface area contributed by atoms with Crippen LogP contribution in [0.1, 0.15) is 11.1 Å². The number of nitrogens with zero attached hydrogens (tertiary/aromatic N) is 1. The number of halogens is 2. The van der Waals surface area contributed by atoms with E-state index in [1.165, 1.54) is 11.3 Å². The summed E-state index contributed by atoms with van der Waals surface area (Å²) in [5, 5.41) is 0. The lowest BCUT2D eigenvalue weighted by atomic mass is 10.1. The number of hydrogen-bond donors (Lipinski definition) is 0. The van der Waals surface area contributed by atoms with Crippen LogP contribution in [0.5, 0.6) is 5.75 Å². The summed E-state index contributed by atoms with van der Waals surface area (Å²) in [6.45, 7) is 2.39. The van der Waals surface area contributed by atoms with Crippen LogP contribution in [0.2, 0.25) is 0 Å². The highest BCUT2D eigenvalue weighted by molar-refractivity contribution is 9.10. The van der Waals surface area contributed by atoms with Crippen molar-refractivity contribution in [3.05, 3.63) is 58.1 Å². The number of rotatable bonds is 2. The van der Waals surface area contributed by atoms with Crippen molar-refractivity contribution in [2.45, 2.75) is 12.4 Å². The van der Waals surface area contributed by atoms with Crippen LogP contribution in [-0.2, 0) is 12.4 Å². The van der Waals surface area contributed by atoms with E-state index in [4.69, 9.17) is 16.3 Å². The molecule has 0 aromatic heterocycles. The smallest absolute Gasteiger partial charge is 0.124 e. The van der Waals surface area contributed by atoms with Crippen LogP contribution in [0.15, 0.2) is 46.9 Å². The van der Waals surface area contributed by atoms with Gasteiger partial charge in [0, 0.05) is 28.1 Å². The Morgan fingerprint density at radius 3 is 2.90 bits per heavy atom. The summed E-state index contributed by atoms with van der Waals surface area (Å²) >= 11 is 9.61. The second kappa shape index (κ2) is 6.06. The minimum Gasteiger partial charge on any atom is -0.491 e. The number of benzene rings is 2. The van der Waals surface area contributed by atoms with Crippen molar-refractivity contribution in [2.24, 2.45) is 0 Å². The largest absolute Gasteiger partial charge is 0.491 e. The van der Waals surface area contributed by atoms with Gasteiger partial charge in [-0.2, -0.15) is 0 Å². The van der Waals surface area contributed by atoms with Gasteiger partial charge in [-0.25, -0.2) is 0 Å². The minimum absolute atomic E-state index is 0.515. The van der Waals surface area contributed by atoms with E-state index in [0.29, 0.717) is 12.5 Å². The van der Waals surface area contributed by atoms with E-state index < -0.39 is 0 Å². The van der Waals surface area contributed by atoms with Crippen molar-refractivity contribution in [2.75, 3.05) is 18.1 Å². The Balaban J connectivity index is 1.97. The zero-order valence-corrected chi connectivity index (χ0v) is 13.3. The summed E-state index contributed by atoms with van der Waals surface area (Å²) in [7, 11) is 0. The van der Waals surface area contributed by atoms with Crippen LogP contribution in [0.3, 0.4) is 0 Å². The molecule has 0 atom stereocenters. The first kappa shape index (κ1) is 13.8. The second-order valence-corrected chi connectivity index (χ2v) is 5.97. The van der Waals surface area contributed by atoms with Gasteiger partial charge in [0.2, 0.25) is 0 Å². The molecule has 1 heterocycles. The highest BCUT2D eigenvalue weighted by Crippen LogP contribution is 2.31. The Bertz CT molecular complexity index is 617. The minimum atomic E-state index is 0.515. The molecule has 0 amide bonds. The number of alkyl halides is 1. The molecule has 104 valence electrons. The van der Waals surface area contributed by atoms with Gasteiger partial charge in [-0.05, 0) is 23.8 Å². The highest BCUT2D eigenvalue weighted by atomic mass is 79.9. The molecule has 2 aromatic rings. The Hall–Kier alpha value is -1.19. The summed E-state index contributed by atoms with van der Waals surface area (Å²) in [4.78, 5) is 2.33. The molecule has 0 N–H and O–H groups in total. The summed E-state index contributed by atoms with van der Waals surface area (Å²) < 4.78 is 6.89. The van der Waals surface area contributed by atoms with Crippen molar-refractivity contribution >= 4 is 33.2 Å². The Labute approximate surface area is 132 Å². The zero-order chi connectivity index (χ0) is 13.9. The topological polar surface area (TPSA) is 12.5 Å². The fourth-order valence-electron chi connectivity index (χ4n) is 2.48. The molecule has 0 aliphatic carbocycles. The van der Waals surface area contributed by atoms with E-state index in [1.807, 2.05) is 18.2 Å². The number of para-hydroxylation sites is 1. The van der Waals surface area contributed by atoms with Gasteiger partial charge in [0.1, 0.15) is 12.4 Å². The van der Waals surface area contributed by atoms with Gasteiger partial charge >= 0.3 is 0 Å². The molecular weight excluding hydrogens is 338 g/mol. The summed E-state index contributed by atoms with van der Waals surface area (Å²) in [5.41, 5.74) is 3.54. The molecule has 2 nitrogen and oxygen atoms in total. The van der Waals surface area contributed by atoms with Crippen LogP contribution >= 0.6 is 27.5 Å². The zero-order valence-electron chi connectivity index (χ0n) is 11.0. The van der Waals surface area contributed by atoms with Gasteiger partial charge < -0.3 is 9.64 Å². The van der Waals surface area contributed by atoms with E-state index in [2.05, 4.69) is 45.1 Å². The van der Waals surface area contributed by atoms with Gasteiger partial charge in [0.05, 0.1) is 6.54 Å². The van der Waals surface area contributed by atoms with Crippen molar-refractivity contribution in [1.82, 2.24) is 0 Å². The number of ether oxygens (including phenoxy) is 1. The quantitative estimate of drug-likeness (QED) is 0.733.